The van der Waals surface area contributed by atoms with Crippen LogP contribution in [0.1, 0.15) is 30.7 Å². The molecule has 1 nitrogen and oxygen atoms in total. The van der Waals surface area contributed by atoms with Crippen LogP contribution in [0.4, 0.5) is 5.69 Å². The molecule has 12 heavy (non-hydrogen) atoms. The Morgan fingerprint density at radius 3 is 2.67 bits per heavy atom. The molecule has 1 aliphatic rings. The Balaban J connectivity index is 2.36. The topological polar surface area (TPSA) is 26.0 Å². The Hall–Kier alpha value is -0.690. The molecular weight excluding hydrogens is 170 g/mol. The van der Waals surface area contributed by atoms with Gasteiger partial charge in [0.1, 0.15) is 0 Å². The van der Waals surface area contributed by atoms with Crippen LogP contribution in [0, 0.1) is 0 Å². The van der Waals surface area contributed by atoms with Gasteiger partial charge in [0.25, 0.3) is 0 Å². The summed E-state index contributed by atoms with van der Waals surface area (Å²) in [5, 5.41) is 0.766. The maximum absolute atomic E-state index is 6.08. The second kappa shape index (κ2) is 2.98. The molecule has 1 fully saturated rings. The number of anilines is 1. The Kier molecular flexibility index (Phi) is 1.97. The van der Waals surface area contributed by atoms with Gasteiger partial charge in [0.2, 0.25) is 0 Å². The number of hydrogen-bond donors (Lipinski definition) is 1. The quantitative estimate of drug-likeness (QED) is 0.662. The van der Waals surface area contributed by atoms with Gasteiger partial charge in [-0.2, -0.15) is 0 Å². The lowest BCUT2D eigenvalue weighted by Gasteiger charge is -2.26. The third kappa shape index (κ3) is 1.18. The Labute approximate surface area is 77.5 Å². The van der Waals surface area contributed by atoms with Gasteiger partial charge >= 0.3 is 0 Å². The lowest BCUT2D eigenvalue weighted by molar-refractivity contribution is 0.420. The highest BCUT2D eigenvalue weighted by Gasteiger charge is 2.21. The maximum atomic E-state index is 6.08. The standard InChI is InChI=1S/C10H12ClN/c11-10-8(7-3-1-4-7)5-2-6-9(10)12/h2,5-7H,1,3-4,12H2. The number of benzene rings is 1. The number of hydrogen-bond acceptors (Lipinski definition) is 1. The smallest absolute Gasteiger partial charge is 0.0670 e. The molecule has 0 aliphatic heterocycles. The summed E-state index contributed by atoms with van der Waals surface area (Å²) < 4.78 is 0. The Bertz CT molecular complexity index is 292. The molecule has 0 unspecified atom stereocenters. The zero-order chi connectivity index (χ0) is 8.55. The summed E-state index contributed by atoms with van der Waals surface area (Å²) in [5.41, 5.74) is 7.65. The van der Waals surface area contributed by atoms with Gasteiger partial charge in [-0.25, -0.2) is 0 Å². The van der Waals surface area contributed by atoms with Crippen LogP contribution in [0.15, 0.2) is 18.2 Å². The SMILES string of the molecule is Nc1cccc(C2CCC2)c1Cl. The zero-order valence-electron chi connectivity index (χ0n) is 6.89. The summed E-state index contributed by atoms with van der Waals surface area (Å²) >= 11 is 6.08. The average Bonchev–Trinajstić information content (AvgIpc) is 1.95. The summed E-state index contributed by atoms with van der Waals surface area (Å²) in [5.74, 6) is 0.668. The Morgan fingerprint density at radius 2 is 2.08 bits per heavy atom. The molecule has 1 aliphatic carbocycles. The summed E-state index contributed by atoms with van der Waals surface area (Å²) in [7, 11) is 0. The first-order chi connectivity index (χ1) is 5.79. The van der Waals surface area contributed by atoms with Crippen molar-refractivity contribution in [1.29, 1.82) is 0 Å². The van der Waals surface area contributed by atoms with Crippen molar-refractivity contribution in [1.82, 2.24) is 0 Å². The van der Waals surface area contributed by atoms with Crippen LogP contribution in [-0.2, 0) is 0 Å². The molecule has 0 spiro atoms. The molecule has 0 bridgehead atoms. The van der Waals surface area contributed by atoms with Crippen LogP contribution in [-0.4, -0.2) is 0 Å². The van der Waals surface area contributed by atoms with Crippen LogP contribution in [0.2, 0.25) is 5.02 Å². The maximum Gasteiger partial charge on any atom is 0.0670 e. The van der Waals surface area contributed by atoms with Crippen molar-refractivity contribution >= 4 is 17.3 Å². The first-order valence-electron chi connectivity index (χ1n) is 4.33. The van der Waals surface area contributed by atoms with E-state index in [9.17, 15) is 0 Å². The van der Waals surface area contributed by atoms with Gasteiger partial charge in [0.05, 0.1) is 10.7 Å². The molecule has 1 aromatic rings. The van der Waals surface area contributed by atoms with Crippen molar-refractivity contribution in [3.8, 4) is 0 Å². The van der Waals surface area contributed by atoms with Crippen molar-refractivity contribution in [3.05, 3.63) is 28.8 Å². The van der Waals surface area contributed by atoms with Gasteiger partial charge in [-0.3, -0.25) is 0 Å². The van der Waals surface area contributed by atoms with Gasteiger partial charge in [0.15, 0.2) is 0 Å². The van der Waals surface area contributed by atoms with Gasteiger partial charge < -0.3 is 5.73 Å². The van der Waals surface area contributed by atoms with Gasteiger partial charge in [0, 0.05) is 0 Å². The molecule has 64 valence electrons. The van der Waals surface area contributed by atoms with Crippen LogP contribution >= 0.6 is 11.6 Å². The lowest BCUT2D eigenvalue weighted by Crippen LogP contribution is -2.09. The van der Waals surface area contributed by atoms with E-state index in [4.69, 9.17) is 17.3 Å². The highest BCUT2D eigenvalue weighted by atomic mass is 35.5. The third-order valence-corrected chi connectivity index (χ3v) is 3.04. The minimum absolute atomic E-state index is 0.668. The van der Waals surface area contributed by atoms with Crippen molar-refractivity contribution in [2.75, 3.05) is 5.73 Å². The van der Waals surface area contributed by atoms with E-state index in [0.29, 0.717) is 11.6 Å². The van der Waals surface area contributed by atoms with Crippen LogP contribution in [0.3, 0.4) is 0 Å². The fraction of sp³-hybridized carbons (Fsp3) is 0.400. The van der Waals surface area contributed by atoms with Crippen molar-refractivity contribution in [2.45, 2.75) is 25.2 Å². The normalized spacial score (nSPS) is 17.4. The van der Waals surface area contributed by atoms with Gasteiger partial charge in [-0.05, 0) is 30.4 Å². The fourth-order valence-corrected chi connectivity index (χ4v) is 1.88. The monoisotopic (exact) mass is 181 g/mol. The van der Waals surface area contributed by atoms with E-state index in [1.807, 2.05) is 12.1 Å². The number of halogens is 1. The minimum atomic E-state index is 0.668. The van der Waals surface area contributed by atoms with Crippen LogP contribution in [0.5, 0.6) is 0 Å². The highest BCUT2D eigenvalue weighted by Crippen LogP contribution is 2.41. The molecule has 1 saturated carbocycles. The van der Waals surface area contributed by atoms with E-state index in [1.165, 1.54) is 24.8 Å². The van der Waals surface area contributed by atoms with Gasteiger partial charge in [-0.15, -0.1) is 0 Å². The second-order valence-corrected chi connectivity index (χ2v) is 3.76. The largest absolute Gasteiger partial charge is 0.398 e. The fourth-order valence-electron chi connectivity index (χ4n) is 1.60. The highest BCUT2D eigenvalue weighted by molar-refractivity contribution is 6.33. The van der Waals surface area contributed by atoms with Crippen molar-refractivity contribution < 1.29 is 0 Å². The molecule has 2 heteroatoms. The molecule has 2 rings (SSSR count). The molecule has 2 N–H and O–H groups in total. The van der Waals surface area contributed by atoms with Crippen molar-refractivity contribution in [3.63, 3.8) is 0 Å². The molecule has 0 atom stereocenters. The summed E-state index contributed by atoms with van der Waals surface area (Å²) in [6.07, 6.45) is 3.86. The van der Waals surface area contributed by atoms with E-state index in [-0.39, 0.29) is 0 Å². The van der Waals surface area contributed by atoms with Gasteiger partial charge in [-0.1, -0.05) is 30.2 Å². The second-order valence-electron chi connectivity index (χ2n) is 3.38. The van der Waals surface area contributed by atoms with E-state index >= 15 is 0 Å². The average molecular weight is 182 g/mol. The molecule has 0 radical (unpaired) electrons. The third-order valence-electron chi connectivity index (χ3n) is 2.60. The number of nitrogen functional groups attached to an aromatic ring is 1. The zero-order valence-corrected chi connectivity index (χ0v) is 7.64. The molecule has 1 aromatic carbocycles. The first-order valence-corrected chi connectivity index (χ1v) is 4.70. The first kappa shape index (κ1) is 7.93. The van der Waals surface area contributed by atoms with E-state index in [1.54, 1.807) is 0 Å². The lowest BCUT2D eigenvalue weighted by atomic mass is 9.80. The molecule has 0 saturated heterocycles. The predicted octanol–water partition coefficient (Wildman–Crippen LogP) is 3.19. The molecule has 0 heterocycles. The van der Waals surface area contributed by atoms with Crippen LogP contribution in [0.25, 0.3) is 0 Å². The van der Waals surface area contributed by atoms with E-state index in [0.717, 1.165) is 5.02 Å². The van der Waals surface area contributed by atoms with E-state index in [2.05, 4.69) is 6.07 Å². The molecule has 0 amide bonds. The molecular formula is C10H12ClN. The van der Waals surface area contributed by atoms with E-state index < -0.39 is 0 Å². The predicted molar refractivity (Wildman–Crippen MR) is 52.5 cm³/mol. The number of rotatable bonds is 1. The summed E-state index contributed by atoms with van der Waals surface area (Å²) in [6, 6.07) is 5.92. The van der Waals surface area contributed by atoms with Crippen molar-refractivity contribution in [2.24, 2.45) is 0 Å². The summed E-state index contributed by atoms with van der Waals surface area (Å²) in [4.78, 5) is 0. The minimum Gasteiger partial charge on any atom is -0.398 e. The van der Waals surface area contributed by atoms with Crippen LogP contribution < -0.4 is 5.73 Å². The summed E-state index contributed by atoms with van der Waals surface area (Å²) in [6.45, 7) is 0. The molecule has 0 aromatic heterocycles. The Morgan fingerprint density at radius 1 is 1.33 bits per heavy atom. The number of nitrogens with two attached hydrogens (primary N) is 1.